The first-order valence-electron chi connectivity index (χ1n) is 6.82. The molecule has 2 rings (SSSR count). The van der Waals surface area contributed by atoms with Gasteiger partial charge in [-0.15, -0.1) is 0 Å². The molecule has 0 radical (unpaired) electrons. The van der Waals surface area contributed by atoms with Gasteiger partial charge in [0.15, 0.2) is 11.5 Å². The monoisotopic (exact) mass is 282 g/mol. The third-order valence-electron chi connectivity index (χ3n) is 3.11. The SMILES string of the molecule is CCOc1cc(C(C#N)Nc2ccc(C)cc2)ccc1O. The molecule has 0 aliphatic heterocycles. The van der Waals surface area contributed by atoms with Crippen molar-refractivity contribution < 1.29 is 9.84 Å². The predicted molar refractivity (Wildman–Crippen MR) is 82.4 cm³/mol. The molecule has 0 amide bonds. The topological polar surface area (TPSA) is 65.3 Å². The summed E-state index contributed by atoms with van der Waals surface area (Å²) in [7, 11) is 0. The van der Waals surface area contributed by atoms with Crippen molar-refractivity contribution in [3.8, 4) is 17.6 Å². The second kappa shape index (κ2) is 6.67. The third-order valence-corrected chi connectivity index (χ3v) is 3.11. The maximum absolute atomic E-state index is 9.71. The number of nitrogens with zero attached hydrogens (tertiary/aromatic N) is 1. The van der Waals surface area contributed by atoms with Gasteiger partial charge in [-0.05, 0) is 43.7 Å². The van der Waals surface area contributed by atoms with Crippen molar-refractivity contribution in [2.45, 2.75) is 19.9 Å². The van der Waals surface area contributed by atoms with E-state index >= 15 is 0 Å². The van der Waals surface area contributed by atoms with Crippen molar-refractivity contribution in [3.05, 3.63) is 53.6 Å². The fraction of sp³-hybridized carbons (Fsp3) is 0.235. The zero-order valence-electron chi connectivity index (χ0n) is 12.1. The van der Waals surface area contributed by atoms with Gasteiger partial charge in [0.2, 0.25) is 0 Å². The highest BCUT2D eigenvalue weighted by Crippen LogP contribution is 2.30. The third kappa shape index (κ3) is 3.67. The molecule has 0 aromatic heterocycles. The summed E-state index contributed by atoms with van der Waals surface area (Å²) in [5.74, 6) is 0.466. The Kier molecular flexibility index (Phi) is 4.68. The molecule has 4 nitrogen and oxygen atoms in total. The zero-order valence-corrected chi connectivity index (χ0v) is 12.1. The standard InChI is InChI=1S/C17H18N2O2/c1-3-21-17-10-13(6-9-16(17)20)15(11-18)19-14-7-4-12(2)5-8-14/h4-10,15,19-20H,3H2,1-2H3. The number of aromatic hydroxyl groups is 1. The maximum atomic E-state index is 9.71. The minimum absolute atomic E-state index is 0.0765. The number of nitrogens with one attached hydrogen (secondary N) is 1. The van der Waals surface area contributed by atoms with Crippen molar-refractivity contribution in [1.29, 1.82) is 5.26 Å². The van der Waals surface area contributed by atoms with Crippen LogP contribution in [0.25, 0.3) is 0 Å². The Morgan fingerprint density at radius 3 is 2.57 bits per heavy atom. The van der Waals surface area contributed by atoms with Crippen LogP contribution in [0.5, 0.6) is 11.5 Å². The molecule has 2 aromatic carbocycles. The first-order valence-corrected chi connectivity index (χ1v) is 6.82. The van der Waals surface area contributed by atoms with Gasteiger partial charge in [0.05, 0.1) is 12.7 Å². The van der Waals surface area contributed by atoms with Gasteiger partial charge in [0.1, 0.15) is 6.04 Å². The van der Waals surface area contributed by atoms with E-state index in [1.165, 1.54) is 0 Å². The molecule has 0 aliphatic rings. The summed E-state index contributed by atoms with van der Waals surface area (Å²) in [5, 5.41) is 22.2. The molecule has 2 aromatic rings. The second-order valence-electron chi connectivity index (χ2n) is 4.73. The van der Waals surface area contributed by atoms with Crippen LogP contribution in [-0.4, -0.2) is 11.7 Å². The van der Waals surface area contributed by atoms with E-state index in [9.17, 15) is 10.4 Å². The van der Waals surface area contributed by atoms with Crippen LogP contribution in [0.1, 0.15) is 24.1 Å². The fourth-order valence-corrected chi connectivity index (χ4v) is 1.99. The van der Waals surface area contributed by atoms with Gasteiger partial charge < -0.3 is 15.2 Å². The highest BCUT2D eigenvalue weighted by atomic mass is 16.5. The van der Waals surface area contributed by atoms with Gasteiger partial charge in [-0.1, -0.05) is 23.8 Å². The number of phenols is 1. The summed E-state index contributed by atoms with van der Waals surface area (Å²) in [4.78, 5) is 0. The van der Waals surface area contributed by atoms with Crippen molar-refractivity contribution in [3.63, 3.8) is 0 Å². The second-order valence-corrected chi connectivity index (χ2v) is 4.73. The molecule has 21 heavy (non-hydrogen) atoms. The average molecular weight is 282 g/mol. The number of aryl methyl sites for hydroxylation is 1. The van der Waals surface area contributed by atoms with E-state index in [0.717, 1.165) is 16.8 Å². The number of benzene rings is 2. The number of rotatable bonds is 5. The molecule has 0 heterocycles. The molecule has 0 bridgehead atoms. The van der Waals surface area contributed by atoms with Crippen molar-refractivity contribution >= 4 is 5.69 Å². The summed E-state index contributed by atoms with van der Waals surface area (Å²) < 4.78 is 5.35. The number of hydrogen-bond donors (Lipinski definition) is 2. The summed E-state index contributed by atoms with van der Waals surface area (Å²) in [6, 6.07) is 14.5. The molecule has 1 unspecified atom stereocenters. The Labute approximate surface area is 124 Å². The highest BCUT2D eigenvalue weighted by Gasteiger charge is 2.13. The fourth-order valence-electron chi connectivity index (χ4n) is 1.99. The van der Waals surface area contributed by atoms with Gasteiger partial charge in [-0.2, -0.15) is 5.26 Å². The van der Waals surface area contributed by atoms with Crippen molar-refractivity contribution in [1.82, 2.24) is 0 Å². The lowest BCUT2D eigenvalue weighted by Crippen LogP contribution is -2.08. The van der Waals surface area contributed by atoms with Gasteiger partial charge in [-0.3, -0.25) is 0 Å². The lowest BCUT2D eigenvalue weighted by molar-refractivity contribution is 0.317. The molecule has 1 atom stereocenters. The summed E-state index contributed by atoms with van der Waals surface area (Å²) >= 11 is 0. The Hall–Kier alpha value is -2.67. The lowest BCUT2D eigenvalue weighted by atomic mass is 10.1. The first-order chi connectivity index (χ1) is 10.1. The molecule has 0 saturated carbocycles. The Bertz CT molecular complexity index is 645. The molecule has 0 fully saturated rings. The number of phenolic OH excluding ortho intramolecular Hbond substituents is 1. The number of hydrogen-bond acceptors (Lipinski definition) is 4. The van der Waals surface area contributed by atoms with Crippen molar-refractivity contribution in [2.75, 3.05) is 11.9 Å². The first kappa shape index (κ1) is 14.7. The summed E-state index contributed by atoms with van der Waals surface area (Å²) in [6.07, 6.45) is 0. The molecular formula is C17H18N2O2. The van der Waals surface area contributed by atoms with Gasteiger partial charge in [0.25, 0.3) is 0 Å². The van der Waals surface area contributed by atoms with E-state index < -0.39 is 6.04 Å². The van der Waals surface area contributed by atoms with Crippen LogP contribution >= 0.6 is 0 Å². The summed E-state index contributed by atoms with van der Waals surface area (Å²) in [5.41, 5.74) is 2.79. The number of nitriles is 1. The number of anilines is 1. The van der Waals surface area contributed by atoms with E-state index in [4.69, 9.17) is 4.74 Å². The van der Waals surface area contributed by atoms with Gasteiger partial charge in [-0.25, -0.2) is 0 Å². The van der Waals surface area contributed by atoms with E-state index in [1.54, 1.807) is 18.2 Å². The van der Waals surface area contributed by atoms with E-state index in [2.05, 4.69) is 11.4 Å². The van der Waals surface area contributed by atoms with Crippen LogP contribution < -0.4 is 10.1 Å². The molecule has 0 aliphatic carbocycles. The normalized spacial score (nSPS) is 11.5. The zero-order chi connectivity index (χ0) is 15.2. The van der Waals surface area contributed by atoms with Crippen LogP contribution in [0, 0.1) is 18.3 Å². The highest BCUT2D eigenvalue weighted by molar-refractivity contribution is 5.51. The van der Waals surface area contributed by atoms with Gasteiger partial charge >= 0.3 is 0 Å². The lowest BCUT2D eigenvalue weighted by Gasteiger charge is -2.15. The smallest absolute Gasteiger partial charge is 0.161 e. The van der Waals surface area contributed by atoms with Crippen LogP contribution in [0.3, 0.4) is 0 Å². The maximum Gasteiger partial charge on any atom is 0.161 e. The molecule has 0 spiro atoms. The Morgan fingerprint density at radius 1 is 1.24 bits per heavy atom. The van der Waals surface area contributed by atoms with Crippen molar-refractivity contribution in [2.24, 2.45) is 0 Å². The Morgan fingerprint density at radius 2 is 1.95 bits per heavy atom. The number of ether oxygens (including phenoxy) is 1. The largest absolute Gasteiger partial charge is 0.504 e. The van der Waals surface area contributed by atoms with Crippen LogP contribution in [0.15, 0.2) is 42.5 Å². The molecular weight excluding hydrogens is 264 g/mol. The minimum Gasteiger partial charge on any atom is -0.504 e. The predicted octanol–water partition coefficient (Wildman–Crippen LogP) is 3.78. The average Bonchev–Trinajstić information content (AvgIpc) is 2.49. The minimum atomic E-state index is -0.507. The summed E-state index contributed by atoms with van der Waals surface area (Å²) in [6.45, 7) is 4.32. The van der Waals surface area contributed by atoms with Crippen LogP contribution in [-0.2, 0) is 0 Å². The molecule has 0 saturated heterocycles. The molecule has 4 heteroatoms. The van der Waals surface area contributed by atoms with Crippen LogP contribution in [0.4, 0.5) is 5.69 Å². The Balaban J connectivity index is 2.23. The molecule has 2 N–H and O–H groups in total. The van der Waals surface area contributed by atoms with E-state index in [-0.39, 0.29) is 5.75 Å². The quantitative estimate of drug-likeness (QED) is 0.876. The van der Waals surface area contributed by atoms with E-state index in [1.807, 2.05) is 38.1 Å². The van der Waals surface area contributed by atoms with E-state index in [0.29, 0.717) is 12.4 Å². The van der Waals surface area contributed by atoms with Gasteiger partial charge in [0, 0.05) is 5.69 Å². The van der Waals surface area contributed by atoms with Crippen LogP contribution in [0.2, 0.25) is 0 Å². The molecule has 108 valence electrons.